The number of nitrogens with zero attached hydrogens (tertiary/aromatic N) is 2. The Balaban J connectivity index is 1.34. The number of methoxy groups -OCH3 is 2. The highest BCUT2D eigenvalue weighted by Gasteiger charge is 2.12. The zero-order valence-electron chi connectivity index (χ0n) is 20.3. The molecule has 37 heavy (non-hydrogen) atoms. The van der Waals surface area contributed by atoms with E-state index in [4.69, 9.17) is 14.2 Å². The third-order valence-electron chi connectivity index (χ3n) is 5.62. The number of rotatable bonds is 8. The molecule has 1 amide bonds. The Morgan fingerprint density at radius 3 is 2.43 bits per heavy atom. The Bertz CT molecular complexity index is 1560. The summed E-state index contributed by atoms with van der Waals surface area (Å²) < 4.78 is 16.6. The third kappa shape index (κ3) is 5.43. The molecule has 0 aliphatic carbocycles. The van der Waals surface area contributed by atoms with E-state index in [2.05, 4.69) is 20.6 Å². The van der Waals surface area contributed by atoms with Gasteiger partial charge in [-0.25, -0.2) is 4.98 Å². The van der Waals surface area contributed by atoms with E-state index in [0.29, 0.717) is 34.6 Å². The highest BCUT2D eigenvalue weighted by atomic mass is 16.5. The first kappa shape index (κ1) is 23.6. The van der Waals surface area contributed by atoms with Crippen molar-refractivity contribution in [1.82, 2.24) is 9.97 Å². The predicted molar refractivity (Wildman–Crippen MR) is 143 cm³/mol. The minimum atomic E-state index is -0.174. The van der Waals surface area contributed by atoms with Crippen LogP contribution in [0.1, 0.15) is 10.4 Å². The van der Waals surface area contributed by atoms with Crippen molar-refractivity contribution < 1.29 is 19.0 Å². The number of carbonyl (C=O) groups is 1. The molecule has 0 aliphatic heterocycles. The van der Waals surface area contributed by atoms with Crippen LogP contribution in [0.3, 0.4) is 0 Å². The minimum Gasteiger partial charge on any atom is -0.493 e. The zero-order valence-corrected chi connectivity index (χ0v) is 20.3. The van der Waals surface area contributed by atoms with Gasteiger partial charge in [0.05, 0.1) is 14.2 Å². The van der Waals surface area contributed by atoms with E-state index in [-0.39, 0.29) is 5.91 Å². The van der Waals surface area contributed by atoms with Crippen LogP contribution in [0.2, 0.25) is 0 Å². The number of nitrogens with one attached hydrogen (secondary N) is 2. The van der Waals surface area contributed by atoms with Gasteiger partial charge in [0.1, 0.15) is 5.75 Å². The van der Waals surface area contributed by atoms with Gasteiger partial charge >= 0.3 is 0 Å². The minimum absolute atomic E-state index is 0.174. The number of anilines is 3. The van der Waals surface area contributed by atoms with Crippen molar-refractivity contribution in [3.63, 3.8) is 0 Å². The molecular formula is C29H24N4O4. The Hall–Kier alpha value is -5.11. The highest BCUT2D eigenvalue weighted by molar-refractivity contribution is 6.13. The molecule has 1 aromatic heterocycles. The molecule has 5 aromatic rings. The van der Waals surface area contributed by atoms with Crippen LogP contribution in [0.25, 0.3) is 10.8 Å². The van der Waals surface area contributed by atoms with Crippen molar-refractivity contribution in [2.24, 2.45) is 0 Å². The van der Waals surface area contributed by atoms with Gasteiger partial charge in [0.25, 0.3) is 5.91 Å². The lowest BCUT2D eigenvalue weighted by Crippen LogP contribution is -2.12. The summed E-state index contributed by atoms with van der Waals surface area (Å²) in [5.74, 6) is 2.37. The molecule has 0 radical (unpaired) electrons. The van der Waals surface area contributed by atoms with Gasteiger partial charge in [-0.1, -0.05) is 30.3 Å². The van der Waals surface area contributed by atoms with E-state index in [1.807, 2.05) is 66.7 Å². The number of hydrogen-bond donors (Lipinski definition) is 2. The van der Waals surface area contributed by atoms with Crippen LogP contribution in [0, 0.1) is 0 Å². The van der Waals surface area contributed by atoms with Gasteiger partial charge in [-0.15, -0.1) is 0 Å². The average molecular weight is 493 g/mol. The van der Waals surface area contributed by atoms with E-state index >= 15 is 0 Å². The fraction of sp³-hybridized carbons (Fsp3) is 0.0690. The van der Waals surface area contributed by atoms with Crippen LogP contribution in [0.4, 0.5) is 17.3 Å². The molecule has 0 saturated carbocycles. The van der Waals surface area contributed by atoms with Gasteiger partial charge in [0, 0.05) is 35.3 Å². The molecule has 184 valence electrons. The Morgan fingerprint density at radius 1 is 0.784 bits per heavy atom. The summed E-state index contributed by atoms with van der Waals surface area (Å²) in [6, 6.07) is 27.6. The van der Waals surface area contributed by atoms with Crippen LogP contribution >= 0.6 is 0 Å². The van der Waals surface area contributed by atoms with E-state index in [0.717, 1.165) is 22.1 Å². The smallest absolute Gasteiger partial charge is 0.256 e. The summed E-state index contributed by atoms with van der Waals surface area (Å²) >= 11 is 0. The molecule has 0 bridgehead atoms. The fourth-order valence-corrected chi connectivity index (χ4v) is 3.87. The van der Waals surface area contributed by atoms with E-state index < -0.39 is 0 Å². The number of benzene rings is 4. The number of fused-ring (bicyclic) bond motifs is 1. The number of ether oxygens (including phenoxy) is 3. The van der Waals surface area contributed by atoms with E-state index in [1.54, 1.807) is 44.7 Å². The summed E-state index contributed by atoms with van der Waals surface area (Å²) in [5, 5.41) is 7.77. The lowest BCUT2D eigenvalue weighted by Gasteiger charge is -2.12. The first-order valence-corrected chi connectivity index (χ1v) is 11.5. The summed E-state index contributed by atoms with van der Waals surface area (Å²) in [5.41, 5.74) is 2.06. The standard InChI is InChI=1S/C29H24N4O4/c1-35-25-14-11-21(18-26(25)36-2)32-29-30-16-15-27(33-29)37-22-12-13-23-19(17-22)7-6-10-24(23)28(34)31-20-8-4-3-5-9-20/h3-18H,1-2H3,(H,31,34)(H,30,32,33). The maximum atomic E-state index is 12.9. The second kappa shape index (κ2) is 10.7. The van der Waals surface area contributed by atoms with Crippen LogP contribution in [-0.2, 0) is 0 Å². The van der Waals surface area contributed by atoms with Crippen LogP contribution in [-0.4, -0.2) is 30.1 Å². The van der Waals surface area contributed by atoms with Crippen molar-refractivity contribution >= 4 is 34.0 Å². The molecular weight excluding hydrogens is 468 g/mol. The molecule has 0 fully saturated rings. The lowest BCUT2D eigenvalue weighted by molar-refractivity contribution is 0.102. The Morgan fingerprint density at radius 2 is 1.62 bits per heavy atom. The highest BCUT2D eigenvalue weighted by Crippen LogP contribution is 2.31. The average Bonchev–Trinajstić information content (AvgIpc) is 2.93. The van der Waals surface area contributed by atoms with Gasteiger partial charge in [0.15, 0.2) is 11.5 Å². The number of carbonyl (C=O) groups excluding carboxylic acids is 1. The SMILES string of the molecule is COc1ccc(Nc2nccc(Oc3ccc4c(C(=O)Nc5ccccc5)cccc4c3)n2)cc1OC. The van der Waals surface area contributed by atoms with Crippen molar-refractivity contribution in [3.8, 4) is 23.1 Å². The third-order valence-corrected chi connectivity index (χ3v) is 5.62. The molecule has 4 aromatic carbocycles. The zero-order chi connectivity index (χ0) is 25.6. The van der Waals surface area contributed by atoms with Crippen molar-refractivity contribution in [3.05, 3.63) is 103 Å². The van der Waals surface area contributed by atoms with E-state index in [1.165, 1.54) is 0 Å². The van der Waals surface area contributed by atoms with E-state index in [9.17, 15) is 4.79 Å². The summed E-state index contributed by atoms with van der Waals surface area (Å²) in [6.07, 6.45) is 1.61. The van der Waals surface area contributed by atoms with Crippen LogP contribution in [0.5, 0.6) is 23.1 Å². The maximum absolute atomic E-state index is 12.9. The van der Waals surface area contributed by atoms with Crippen molar-refractivity contribution in [2.45, 2.75) is 0 Å². The molecule has 1 heterocycles. The molecule has 0 atom stereocenters. The lowest BCUT2D eigenvalue weighted by atomic mass is 10.0. The van der Waals surface area contributed by atoms with Crippen LogP contribution in [0.15, 0.2) is 97.2 Å². The normalized spacial score (nSPS) is 10.5. The van der Waals surface area contributed by atoms with Gasteiger partial charge in [-0.05, 0) is 59.3 Å². The van der Waals surface area contributed by atoms with Gasteiger partial charge in [-0.3, -0.25) is 4.79 Å². The Labute approximate surface area is 213 Å². The fourth-order valence-electron chi connectivity index (χ4n) is 3.87. The van der Waals surface area contributed by atoms with Crippen molar-refractivity contribution in [2.75, 3.05) is 24.9 Å². The van der Waals surface area contributed by atoms with Crippen LogP contribution < -0.4 is 24.8 Å². The summed E-state index contributed by atoms with van der Waals surface area (Å²) in [4.78, 5) is 21.6. The summed E-state index contributed by atoms with van der Waals surface area (Å²) in [7, 11) is 3.16. The monoisotopic (exact) mass is 492 g/mol. The second-order valence-corrected chi connectivity index (χ2v) is 8.02. The predicted octanol–water partition coefficient (Wildman–Crippen LogP) is 6.44. The molecule has 8 nitrogen and oxygen atoms in total. The molecule has 0 saturated heterocycles. The first-order chi connectivity index (χ1) is 18.1. The van der Waals surface area contributed by atoms with Gasteiger partial charge in [0.2, 0.25) is 11.8 Å². The molecule has 0 unspecified atom stereocenters. The molecule has 2 N–H and O–H groups in total. The Kier molecular flexibility index (Phi) is 6.80. The second-order valence-electron chi connectivity index (χ2n) is 8.02. The van der Waals surface area contributed by atoms with Gasteiger partial charge in [-0.2, -0.15) is 4.98 Å². The molecule has 8 heteroatoms. The molecule has 0 spiro atoms. The maximum Gasteiger partial charge on any atom is 0.256 e. The van der Waals surface area contributed by atoms with Gasteiger partial charge < -0.3 is 24.8 Å². The molecule has 0 aliphatic rings. The largest absolute Gasteiger partial charge is 0.493 e. The number of hydrogen-bond acceptors (Lipinski definition) is 7. The molecule has 5 rings (SSSR count). The first-order valence-electron chi connectivity index (χ1n) is 11.5. The number of aromatic nitrogens is 2. The number of amides is 1. The topological polar surface area (TPSA) is 94.6 Å². The summed E-state index contributed by atoms with van der Waals surface area (Å²) in [6.45, 7) is 0. The number of para-hydroxylation sites is 1. The quantitative estimate of drug-likeness (QED) is 0.258. The van der Waals surface area contributed by atoms with Crippen molar-refractivity contribution in [1.29, 1.82) is 0 Å².